The molecule has 1 amide bonds. The van der Waals surface area contributed by atoms with Gasteiger partial charge in [0.2, 0.25) is 5.91 Å². The van der Waals surface area contributed by atoms with Crippen LogP contribution in [0.2, 0.25) is 0 Å². The van der Waals surface area contributed by atoms with Gasteiger partial charge in [-0.25, -0.2) is 8.78 Å². The number of nitrogens with zero attached hydrogens (tertiary/aromatic N) is 1. The zero-order valence-electron chi connectivity index (χ0n) is 21.1. The minimum absolute atomic E-state index is 0.0660. The van der Waals surface area contributed by atoms with E-state index in [1.54, 1.807) is 41.3 Å². The summed E-state index contributed by atoms with van der Waals surface area (Å²) in [6, 6.07) is 18.8. The van der Waals surface area contributed by atoms with Crippen LogP contribution in [-0.2, 0) is 16.0 Å². The zero-order valence-corrected chi connectivity index (χ0v) is 21.1. The number of aliphatic hydroxyl groups excluding tert-OH is 4. The van der Waals surface area contributed by atoms with E-state index in [2.05, 4.69) is 0 Å². The second-order valence-electron chi connectivity index (χ2n) is 10.2. The van der Waals surface area contributed by atoms with Crippen molar-refractivity contribution in [3.8, 4) is 0 Å². The van der Waals surface area contributed by atoms with E-state index in [0.717, 1.165) is 17.5 Å². The Morgan fingerprint density at radius 3 is 1.97 bits per heavy atom. The molecule has 2 heterocycles. The Kier molecular flexibility index (Phi) is 8.06. The molecule has 39 heavy (non-hydrogen) atoms. The number of aliphatic hydroxyl groups is 4. The molecular formula is C30H31F2NO6. The van der Waals surface area contributed by atoms with Crippen LogP contribution in [0.1, 0.15) is 41.7 Å². The van der Waals surface area contributed by atoms with E-state index in [1.807, 2.05) is 12.1 Å². The average Bonchev–Trinajstić information content (AvgIpc) is 2.95. The van der Waals surface area contributed by atoms with E-state index in [4.69, 9.17) is 4.74 Å². The van der Waals surface area contributed by atoms with Gasteiger partial charge in [-0.1, -0.05) is 36.4 Å². The molecule has 0 saturated carbocycles. The first-order valence-electron chi connectivity index (χ1n) is 13.0. The van der Waals surface area contributed by atoms with Gasteiger partial charge < -0.3 is 30.1 Å². The molecule has 0 radical (unpaired) electrons. The lowest BCUT2D eigenvalue weighted by atomic mass is 9.78. The molecule has 2 fully saturated rings. The fourth-order valence-corrected chi connectivity index (χ4v) is 5.54. The van der Waals surface area contributed by atoms with Crippen LogP contribution in [0.15, 0.2) is 72.8 Å². The highest BCUT2D eigenvalue weighted by Gasteiger charge is 2.48. The Balaban J connectivity index is 1.36. The number of ether oxygens (including phenoxy) is 1. The van der Waals surface area contributed by atoms with Crippen molar-refractivity contribution >= 4 is 11.6 Å². The predicted octanol–water partition coefficient (Wildman–Crippen LogP) is 3.21. The molecule has 4 N–H and O–H groups in total. The molecule has 1 unspecified atom stereocenters. The molecule has 0 aliphatic carbocycles. The van der Waals surface area contributed by atoms with E-state index in [0.29, 0.717) is 24.1 Å². The monoisotopic (exact) mass is 539 g/mol. The van der Waals surface area contributed by atoms with E-state index in [9.17, 15) is 34.0 Å². The third kappa shape index (κ3) is 5.46. The van der Waals surface area contributed by atoms with E-state index in [-0.39, 0.29) is 23.7 Å². The minimum atomic E-state index is -1.48. The van der Waals surface area contributed by atoms with Crippen molar-refractivity contribution in [1.29, 1.82) is 0 Å². The number of anilines is 1. The van der Waals surface area contributed by atoms with E-state index >= 15 is 0 Å². The van der Waals surface area contributed by atoms with Gasteiger partial charge in [-0.3, -0.25) is 4.79 Å². The van der Waals surface area contributed by atoms with Crippen LogP contribution in [0, 0.1) is 17.6 Å². The van der Waals surface area contributed by atoms with Crippen molar-refractivity contribution in [2.75, 3.05) is 11.5 Å². The molecule has 7 nitrogen and oxygen atoms in total. The summed E-state index contributed by atoms with van der Waals surface area (Å²) in [5.41, 5.74) is 2.94. The van der Waals surface area contributed by atoms with Gasteiger partial charge in [0.05, 0.1) is 18.6 Å². The maximum Gasteiger partial charge on any atom is 0.233 e. The smallest absolute Gasteiger partial charge is 0.233 e. The highest BCUT2D eigenvalue weighted by molar-refractivity contribution is 6.03. The van der Waals surface area contributed by atoms with Crippen molar-refractivity contribution in [3.63, 3.8) is 0 Å². The van der Waals surface area contributed by atoms with Gasteiger partial charge in [0, 0.05) is 5.69 Å². The first-order valence-corrected chi connectivity index (χ1v) is 13.0. The normalized spacial score (nSPS) is 28.8. The SMILES string of the molecule is O=C1[C@H](CCCc2ccc(F)cc2)[C@@H](c2ccc(C3O[C@H](CO)[C@@H](O)[C@H](O)[C@H]3O)cc2)N1c1ccc(F)cc1. The highest BCUT2D eigenvalue weighted by Crippen LogP contribution is 2.46. The Morgan fingerprint density at radius 2 is 1.36 bits per heavy atom. The molecule has 9 heteroatoms. The predicted molar refractivity (Wildman–Crippen MR) is 139 cm³/mol. The van der Waals surface area contributed by atoms with Crippen molar-refractivity contribution < 1.29 is 38.7 Å². The second kappa shape index (κ2) is 11.5. The lowest BCUT2D eigenvalue weighted by Gasteiger charge is -2.48. The summed E-state index contributed by atoms with van der Waals surface area (Å²) in [4.78, 5) is 14.9. The van der Waals surface area contributed by atoms with Gasteiger partial charge in [-0.2, -0.15) is 0 Å². The Bertz CT molecular complexity index is 1270. The quantitative estimate of drug-likeness (QED) is 0.328. The van der Waals surface area contributed by atoms with Gasteiger partial charge in [-0.05, 0) is 72.4 Å². The first-order chi connectivity index (χ1) is 18.8. The highest BCUT2D eigenvalue weighted by atomic mass is 19.1. The molecule has 2 aliphatic heterocycles. The van der Waals surface area contributed by atoms with Gasteiger partial charge >= 0.3 is 0 Å². The molecule has 206 valence electrons. The molecule has 2 aliphatic rings. The Labute approximate surface area is 224 Å². The Morgan fingerprint density at radius 1 is 0.769 bits per heavy atom. The summed E-state index contributed by atoms with van der Waals surface area (Å²) in [5.74, 6) is -1.07. The fraction of sp³-hybridized carbons (Fsp3) is 0.367. The number of carbonyl (C=O) groups excluding carboxylic acids is 1. The van der Waals surface area contributed by atoms with Crippen LogP contribution in [0.4, 0.5) is 14.5 Å². The number of carbonyl (C=O) groups is 1. The molecule has 0 aromatic heterocycles. The van der Waals surface area contributed by atoms with Crippen LogP contribution in [0.3, 0.4) is 0 Å². The maximum atomic E-state index is 13.6. The molecule has 3 aromatic carbocycles. The number of hydrogen-bond acceptors (Lipinski definition) is 6. The summed E-state index contributed by atoms with van der Waals surface area (Å²) in [6.45, 7) is -0.518. The van der Waals surface area contributed by atoms with Crippen molar-refractivity contribution in [1.82, 2.24) is 0 Å². The number of aryl methyl sites for hydroxylation is 1. The van der Waals surface area contributed by atoms with Crippen LogP contribution in [0.5, 0.6) is 0 Å². The number of rotatable bonds is 8. The summed E-state index contributed by atoms with van der Waals surface area (Å²) in [6.07, 6.45) is -4.27. The van der Waals surface area contributed by atoms with Crippen LogP contribution < -0.4 is 4.90 Å². The van der Waals surface area contributed by atoms with Gasteiger partial charge in [0.1, 0.15) is 42.2 Å². The standard InChI is InChI=1S/C30H31F2NO6/c31-20-10-4-17(5-11-20)2-1-3-23-25(33(30(23)38)22-14-12-21(32)13-15-22)18-6-8-19(9-7-18)29-28(37)27(36)26(35)24(16-34)39-29/h4-15,23-29,34-37H,1-3,16H2/t23-,24-,25-,26-,27+,28-,29?/m1/s1. The first kappa shape index (κ1) is 27.4. The van der Waals surface area contributed by atoms with Crippen LogP contribution in [-0.4, -0.2) is 57.4 Å². The third-order valence-corrected chi connectivity index (χ3v) is 7.71. The lowest BCUT2D eigenvalue weighted by Crippen LogP contribution is -2.55. The number of hydrogen-bond donors (Lipinski definition) is 4. The van der Waals surface area contributed by atoms with Crippen molar-refractivity contribution in [2.45, 2.75) is 55.8 Å². The maximum absolute atomic E-state index is 13.6. The second-order valence-corrected chi connectivity index (χ2v) is 10.2. The topological polar surface area (TPSA) is 110 Å². The van der Waals surface area contributed by atoms with Crippen molar-refractivity contribution in [2.24, 2.45) is 5.92 Å². The van der Waals surface area contributed by atoms with Crippen molar-refractivity contribution in [3.05, 3.63) is 101 Å². The van der Waals surface area contributed by atoms with Gasteiger partial charge in [0.15, 0.2) is 0 Å². The molecule has 0 spiro atoms. The molecule has 7 atom stereocenters. The number of β-lactam (4-membered cyclic amide) rings is 1. The van der Waals surface area contributed by atoms with Crippen LogP contribution >= 0.6 is 0 Å². The van der Waals surface area contributed by atoms with Gasteiger partial charge in [-0.15, -0.1) is 0 Å². The van der Waals surface area contributed by atoms with E-state index in [1.165, 1.54) is 24.3 Å². The molecule has 2 saturated heterocycles. The molecule has 0 bridgehead atoms. The Hall–Kier alpha value is -3.21. The number of amides is 1. The molecule has 5 rings (SSSR count). The third-order valence-electron chi connectivity index (χ3n) is 7.71. The lowest BCUT2D eigenvalue weighted by molar-refractivity contribution is -0.231. The molecule has 3 aromatic rings. The summed E-state index contributed by atoms with van der Waals surface area (Å²) >= 11 is 0. The zero-order chi connectivity index (χ0) is 27.7. The van der Waals surface area contributed by atoms with E-state index < -0.39 is 42.9 Å². The van der Waals surface area contributed by atoms with Crippen LogP contribution in [0.25, 0.3) is 0 Å². The summed E-state index contributed by atoms with van der Waals surface area (Å²) < 4.78 is 32.5. The summed E-state index contributed by atoms with van der Waals surface area (Å²) in [5, 5.41) is 40.2. The number of halogens is 2. The number of benzene rings is 3. The molecular weight excluding hydrogens is 508 g/mol. The summed E-state index contributed by atoms with van der Waals surface area (Å²) in [7, 11) is 0. The largest absolute Gasteiger partial charge is 0.394 e. The minimum Gasteiger partial charge on any atom is -0.394 e. The fourth-order valence-electron chi connectivity index (χ4n) is 5.54. The average molecular weight is 540 g/mol. The van der Waals surface area contributed by atoms with Gasteiger partial charge in [0.25, 0.3) is 0 Å².